The van der Waals surface area contributed by atoms with Crippen LogP contribution in [0.3, 0.4) is 0 Å². The molecule has 0 unspecified atom stereocenters. The summed E-state index contributed by atoms with van der Waals surface area (Å²) in [5.74, 6) is 0.218. The standard InChI is InChI=1S/C16H18FNO/c1-4-19-15-7-5-6-13(17)16(15)18-14-10-11(2)8-9-12(14)3/h5-10,18H,4H2,1-3H3. The lowest BCUT2D eigenvalue weighted by molar-refractivity contribution is 0.340. The number of anilines is 2. The summed E-state index contributed by atoms with van der Waals surface area (Å²) < 4.78 is 19.4. The van der Waals surface area contributed by atoms with E-state index in [1.54, 1.807) is 12.1 Å². The molecule has 0 aromatic heterocycles. The van der Waals surface area contributed by atoms with E-state index < -0.39 is 0 Å². The minimum atomic E-state index is -0.313. The lowest BCUT2D eigenvalue weighted by atomic mass is 10.1. The van der Waals surface area contributed by atoms with Crippen LogP contribution in [0, 0.1) is 19.7 Å². The van der Waals surface area contributed by atoms with E-state index in [0.717, 1.165) is 16.8 Å². The van der Waals surface area contributed by atoms with E-state index in [9.17, 15) is 4.39 Å². The zero-order valence-corrected chi connectivity index (χ0v) is 11.5. The Labute approximate surface area is 113 Å². The van der Waals surface area contributed by atoms with Crippen LogP contribution >= 0.6 is 0 Å². The van der Waals surface area contributed by atoms with Gasteiger partial charge in [-0.2, -0.15) is 0 Å². The number of hydrogen-bond donors (Lipinski definition) is 1. The molecule has 2 aromatic carbocycles. The van der Waals surface area contributed by atoms with Crippen LogP contribution in [0.2, 0.25) is 0 Å². The molecule has 0 bridgehead atoms. The molecule has 1 N–H and O–H groups in total. The molecule has 3 heteroatoms. The third kappa shape index (κ3) is 3.05. The first-order chi connectivity index (χ1) is 9.11. The normalized spacial score (nSPS) is 10.3. The van der Waals surface area contributed by atoms with Crippen LogP contribution in [-0.4, -0.2) is 6.61 Å². The molecule has 0 radical (unpaired) electrons. The maximum Gasteiger partial charge on any atom is 0.150 e. The van der Waals surface area contributed by atoms with Crippen LogP contribution in [0.5, 0.6) is 5.75 Å². The van der Waals surface area contributed by atoms with Crippen molar-refractivity contribution < 1.29 is 9.13 Å². The molecule has 2 aromatic rings. The van der Waals surface area contributed by atoms with Crippen molar-refractivity contribution in [3.63, 3.8) is 0 Å². The number of ether oxygens (including phenoxy) is 1. The number of para-hydroxylation sites is 1. The smallest absolute Gasteiger partial charge is 0.150 e. The molecule has 2 rings (SSSR count). The molecule has 0 amide bonds. The number of rotatable bonds is 4. The fraction of sp³-hybridized carbons (Fsp3) is 0.250. The number of halogens is 1. The van der Waals surface area contributed by atoms with Crippen molar-refractivity contribution in [1.82, 2.24) is 0 Å². The second-order valence-corrected chi connectivity index (χ2v) is 4.49. The van der Waals surface area contributed by atoms with Gasteiger partial charge in [-0.1, -0.05) is 18.2 Å². The Kier molecular flexibility index (Phi) is 4.05. The summed E-state index contributed by atoms with van der Waals surface area (Å²) in [6, 6.07) is 10.9. The molecule has 0 spiro atoms. The van der Waals surface area contributed by atoms with E-state index in [1.165, 1.54) is 6.07 Å². The maximum absolute atomic E-state index is 13.9. The predicted octanol–water partition coefficient (Wildman–Crippen LogP) is 4.58. The molecule has 0 heterocycles. The molecule has 0 aliphatic carbocycles. The van der Waals surface area contributed by atoms with Gasteiger partial charge < -0.3 is 10.1 Å². The largest absolute Gasteiger partial charge is 0.492 e. The Morgan fingerprint density at radius 2 is 1.95 bits per heavy atom. The van der Waals surface area contributed by atoms with Gasteiger partial charge in [0.05, 0.1) is 6.61 Å². The van der Waals surface area contributed by atoms with Gasteiger partial charge in [0.2, 0.25) is 0 Å². The summed E-state index contributed by atoms with van der Waals surface area (Å²) in [6.07, 6.45) is 0. The van der Waals surface area contributed by atoms with Gasteiger partial charge in [-0.15, -0.1) is 0 Å². The van der Waals surface area contributed by atoms with E-state index in [0.29, 0.717) is 18.0 Å². The third-order valence-corrected chi connectivity index (χ3v) is 2.93. The van der Waals surface area contributed by atoms with Crippen LogP contribution in [-0.2, 0) is 0 Å². The quantitative estimate of drug-likeness (QED) is 0.867. The van der Waals surface area contributed by atoms with Crippen LogP contribution in [0.1, 0.15) is 18.1 Å². The van der Waals surface area contributed by atoms with Crippen LogP contribution in [0.15, 0.2) is 36.4 Å². The Morgan fingerprint density at radius 3 is 2.68 bits per heavy atom. The lowest BCUT2D eigenvalue weighted by Gasteiger charge is -2.15. The average Bonchev–Trinajstić information content (AvgIpc) is 2.38. The number of hydrogen-bond acceptors (Lipinski definition) is 2. The molecule has 0 saturated heterocycles. The van der Waals surface area contributed by atoms with Gasteiger partial charge >= 0.3 is 0 Å². The van der Waals surface area contributed by atoms with Crippen molar-refractivity contribution in [1.29, 1.82) is 0 Å². The van der Waals surface area contributed by atoms with E-state index in [4.69, 9.17) is 4.74 Å². The highest BCUT2D eigenvalue weighted by molar-refractivity contribution is 5.69. The van der Waals surface area contributed by atoms with E-state index in [2.05, 4.69) is 5.32 Å². The topological polar surface area (TPSA) is 21.3 Å². The minimum Gasteiger partial charge on any atom is -0.492 e. The summed E-state index contributed by atoms with van der Waals surface area (Å²) in [4.78, 5) is 0. The summed E-state index contributed by atoms with van der Waals surface area (Å²) in [7, 11) is 0. The van der Waals surface area contributed by atoms with Gasteiger partial charge in [0.15, 0.2) is 0 Å². The van der Waals surface area contributed by atoms with Crippen molar-refractivity contribution in [3.8, 4) is 5.75 Å². The molecule has 0 aliphatic rings. The molecular weight excluding hydrogens is 241 g/mol. The number of aryl methyl sites for hydroxylation is 2. The van der Waals surface area contributed by atoms with E-state index >= 15 is 0 Å². The second kappa shape index (κ2) is 5.74. The predicted molar refractivity (Wildman–Crippen MR) is 76.8 cm³/mol. The first kappa shape index (κ1) is 13.4. The lowest BCUT2D eigenvalue weighted by Crippen LogP contribution is -2.01. The fourth-order valence-corrected chi connectivity index (χ4v) is 1.91. The van der Waals surface area contributed by atoms with E-state index in [1.807, 2.05) is 39.0 Å². The molecule has 0 aliphatic heterocycles. The van der Waals surface area contributed by atoms with Crippen LogP contribution < -0.4 is 10.1 Å². The second-order valence-electron chi connectivity index (χ2n) is 4.49. The van der Waals surface area contributed by atoms with Gasteiger partial charge in [-0.3, -0.25) is 0 Å². The van der Waals surface area contributed by atoms with Crippen molar-refractivity contribution in [2.45, 2.75) is 20.8 Å². The average molecular weight is 259 g/mol. The highest BCUT2D eigenvalue weighted by atomic mass is 19.1. The van der Waals surface area contributed by atoms with Gasteiger partial charge in [-0.05, 0) is 50.1 Å². The Bertz CT molecular complexity index is 581. The van der Waals surface area contributed by atoms with Crippen LogP contribution in [0.25, 0.3) is 0 Å². The zero-order valence-electron chi connectivity index (χ0n) is 11.5. The van der Waals surface area contributed by atoms with Gasteiger partial charge in [0, 0.05) is 5.69 Å². The first-order valence-electron chi connectivity index (χ1n) is 6.37. The summed E-state index contributed by atoms with van der Waals surface area (Å²) in [5.41, 5.74) is 3.47. The van der Waals surface area contributed by atoms with Crippen LogP contribution in [0.4, 0.5) is 15.8 Å². The van der Waals surface area contributed by atoms with Gasteiger partial charge in [-0.25, -0.2) is 4.39 Å². The van der Waals surface area contributed by atoms with Gasteiger partial charge in [0.25, 0.3) is 0 Å². The van der Waals surface area contributed by atoms with E-state index in [-0.39, 0.29) is 5.82 Å². The fourth-order valence-electron chi connectivity index (χ4n) is 1.91. The summed E-state index contributed by atoms with van der Waals surface area (Å²) in [6.45, 7) is 6.38. The highest BCUT2D eigenvalue weighted by Gasteiger charge is 2.10. The molecule has 100 valence electrons. The van der Waals surface area contributed by atoms with Crippen molar-refractivity contribution in [2.75, 3.05) is 11.9 Å². The Morgan fingerprint density at radius 1 is 1.16 bits per heavy atom. The SMILES string of the molecule is CCOc1cccc(F)c1Nc1cc(C)ccc1C. The van der Waals surface area contributed by atoms with Crippen molar-refractivity contribution in [3.05, 3.63) is 53.3 Å². The third-order valence-electron chi connectivity index (χ3n) is 2.93. The Balaban J connectivity index is 2.39. The minimum absolute atomic E-state index is 0.313. The number of benzene rings is 2. The monoisotopic (exact) mass is 259 g/mol. The highest BCUT2D eigenvalue weighted by Crippen LogP contribution is 2.32. The zero-order chi connectivity index (χ0) is 13.8. The van der Waals surface area contributed by atoms with Crippen molar-refractivity contribution >= 4 is 11.4 Å². The maximum atomic E-state index is 13.9. The molecule has 0 atom stereocenters. The number of nitrogens with one attached hydrogen (secondary N) is 1. The van der Waals surface area contributed by atoms with Gasteiger partial charge in [0.1, 0.15) is 17.3 Å². The molecular formula is C16H18FNO. The first-order valence-corrected chi connectivity index (χ1v) is 6.37. The molecule has 19 heavy (non-hydrogen) atoms. The Hall–Kier alpha value is -2.03. The molecule has 2 nitrogen and oxygen atoms in total. The van der Waals surface area contributed by atoms with Crippen molar-refractivity contribution in [2.24, 2.45) is 0 Å². The summed E-state index contributed by atoms with van der Waals surface area (Å²) in [5, 5.41) is 3.13. The molecule has 0 saturated carbocycles. The molecule has 0 fully saturated rings. The summed E-state index contributed by atoms with van der Waals surface area (Å²) >= 11 is 0.